The second-order valence-corrected chi connectivity index (χ2v) is 7.09. The lowest BCUT2D eigenvalue weighted by Gasteiger charge is -2.27. The lowest BCUT2D eigenvalue weighted by atomic mass is 9.89. The number of nitrogens with one attached hydrogen (secondary N) is 1. The number of aliphatic hydroxyl groups is 1. The second-order valence-electron chi connectivity index (χ2n) is 6.23. The molecule has 1 atom stereocenters. The molecule has 0 amide bonds. The predicted molar refractivity (Wildman–Crippen MR) is 90.7 cm³/mol. The fourth-order valence-electron chi connectivity index (χ4n) is 2.69. The molecule has 0 spiro atoms. The molecule has 1 saturated carbocycles. The Kier molecular flexibility index (Phi) is 6.52. The summed E-state index contributed by atoms with van der Waals surface area (Å²) < 4.78 is 6.85. The Labute approximate surface area is 136 Å². The standard InChI is InChI=1S/C17H26BrNO2/c1-12-3-6-15(7-4-12)21-11-14(20)10-19-17-8-5-13(2)9-16(17)18/h5,8-9,12,14-15,19-20H,3-4,6-7,10-11H2,1-2H3. The van der Waals surface area contributed by atoms with Gasteiger partial charge in [-0.25, -0.2) is 0 Å². The zero-order valence-electron chi connectivity index (χ0n) is 12.9. The molecule has 0 radical (unpaired) electrons. The summed E-state index contributed by atoms with van der Waals surface area (Å²) in [5.41, 5.74) is 2.22. The number of aliphatic hydroxyl groups excluding tert-OH is 1. The van der Waals surface area contributed by atoms with Crippen molar-refractivity contribution in [1.82, 2.24) is 0 Å². The fourth-order valence-corrected chi connectivity index (χ4v) is 3.33. The molecule has 1 aliphatic carbocycles. The van der Waals surface area contributed by atoms with Gasteiger partial charge in [-0.2, -0.15) is 0 Å². The van der Waals surface area contributed by atoms with Gasteiger partial charge >= 0.3 is 0 Å². The highest BCUT2D eigenvalue weighted by atomic mass is 79.9. The number of hydrogen-bond donors (Lipinski definition) is 2. The van der Waals surface area contributed by atoms with E-state index in [0.29, 0.717) is 19.3 Å². The maximum Gasteiger partial charge on any atom is 0.0945 e. The van der Waals surface area contributed by atoms with E-state index in [4.69, 9.17) is 4.74 Å². The van der Waals surface area contributed by atoms with Crippen LogP contribution < -0.4 is 5.32 Å². The maximum atomic E-state index is 10.0. The van der Waals surface area contributed by atoms with E-state index in [2.05, 4.69) is 47.2 Å². The Morgan fingerprint density at radius 1 is 1.33 bits per heavy atom. The van der Waals surface area contributed by atoms with Crippen LogP contribution in [0.1, 0.15) is 38.2 Å². The van der Waals surface area contributed by atoms with Crippen molar-refractivity contribution in [2.45, 2.75) is 51.7 Å². The van der Waals surface area contributed by atoms with E-state index in [9.17, 15) is 5.11 Å². The molecule has 0 saturated heterocycles. The highest BCUT2D eigenvalue weighted by Gasteiger charge is 2.19. The zero-order valence-corrected chi connectivity index (χ0v) is 14.5. The normalized spacial score (nSPS) is 23.8. The maximum absolute atomic E-state index is 10.0. The summed E-state index contributed by atoms with van der Waals surface area (Å²) in [6.45, 7) is 5.27. The van der Waals surface area contributed by atoms with Crippen molar-refractivity contribution in [3.8, 4) is 0 Å². The first-order chi connectivity index (χ1) is 10.0. The molecule has 0 heterocycles. The molecule has 0 aliphatic heterocycles. The van der Waals surface area contributed by atoms with E-state index in [0.717, 1.165) is 28.9 Å². The molecule has 1 unspecified atom stereocenters. The molecule has 2 rings (SSSR count). The first kappa shape index (κ1) is 16.8. The number of ether oxygens (including phenoxy) is 1. The monoisotopic (exact) mass is 355 g/mol. The fraction of sp³-hybridized carbons (Fsp3) is 0.647. The van der Waals surface area contributed by atoms with Crippen LogP contribution in [-0.4, -0.2) is 30.5 Å². The summed E-state index contributed by atoms with van der Waals surface area (Å²) in [4.78, 5) is 0. The molecular formula is C17H26BrNO2. The van der Waals surface area contributed by atoms with E-state index < -0.39 is 6.10 Å². The first-order valence-electron chi connectivity index (χ1n) is 7.84. The summed E-state index contributed by atoms with van der Waals surface area (Å²) in [6, 6.07) is 6.14. The number of halogens is 1. The molecule has 118 valence electrons. The number of rotatable bonds is 6. The molecule has 4 heteroatoms. The number of aryl methyl sites for hydroxylation is 1. The Hall–Kier alpha value is -0.580. The Bertz CT molecular complexity index is 444. The summed E-state index contributed by atoms with van der Waals surface area (Å²) in [5.74, 6) is 0.829. The molecule has 0 aromatic heterocycles. The second kappa shape index (κ2) is 8.16. The summed E-state index contributed by atoms with van der Waals surface area (Å²) in [6.07, 6.45) is 4.61. The molecule has 21 heavy (non-hydrogen) atoms. The Morgan fingerprint density at radius 3 is 2.71 bits per heavy atom. The molecule has 0 bridgehead atoms. The minimum atomic E-state index is -0.474. The van der Waals surface area contributed by atoms with E-state index in [1.54, 1.807) is 0 Å². The Morgan fingerprint density at radius 2 is 2.05 bits per heavy atom. The minimum absolute atomic E-state index is 0.335. The van der Waals surface area contributed by atoms with Crippen LogP contribution in [-0.2, 0) is 4.74 Å². The van der Waals surface area contributed by atoms with Gasteiger partial charge in [-0.3, -0.25) is 0 Å². The topological polar surface area (TPSA) is 41.5 Å². The van der Waals surface area contributed by atoms with Gasteiger partial charge in [0.2, 0.25) is 0 Å². The average Bonchev–Trinajstić information content (AvgIpc) is 2.46. The van der Waals surface area contributed by atoms with Gasteiger partial charge in [-0.05, 0) is 72.2 Å². The molecule has 1 aromatic rings. The largest absolute Gasteiger partial charge is 0.389 e. The third kappa shape index (κ3) is 5.61. The van der Waals surface area contributed by atoms with Crippen molar-refractivity contribution in [2.75, 3.05) is 18.5 Å². The van der Waals surface area contributed by atoms with E-state index in [1.165, 1.54) is 18.4 Å². The summed E-state index contributed by atoms with van der Waals surface area (Å²) in [5, 5.41) is 13.3. The van der Waals surface area contributed by atoms with E-state index >= 15 is 0 Å². The quantitative estimate of drug-likeness (QED) is 0.806. The summed E-state index contributed by atoms with van der Waals surface area (Å²) in [7, 11) is 0. The molecule has 1 aliphatic rings. The van der Waals surface area contributed by atoms with Crippen molar-refractivity contribution in [2.24, 2.45) is 5.92 Å². The van der Waals surface area contributed by atoms with Crippen LogP contribution in [0.2, 0.25) is 0 Å². The van der Waals surface area contributed by atoms with Gasteiger partial charge in [0.15, 0.2) is 0 Å². The number of benzene rings is 1. The van der Waals surface area contributed by atoms with Crippen LogP contribution in [0.15, 0.2) is 22.7 Å². The SMILES string of the molecule is Cc1ccc(NCC(O)COC2CCC(C)CC2)c(Br)c1. The Balaban J connectivity index is 1.68. The lowest BCUT2D eigenvalue weighted by Crippen LogP contribution is -2.29. The highest BCUT2D eigenvalue weighted by molar-refractivity contribution is 9.10. The smallest absolute Gasteiger partial charge is 0.0945 e. The van der Waals surface area contributed by atoms with Crippen molar-refractivity contribution in [3.05, 3.63) is 28.2 Å². The molecule has 2 N–H and O–H groups in total. The molecule has 3 nitrogen and oxygen atoms in total. The van der Waals surface area contributed by atoms with Crippen LogP contribution in [0.4, 0.5) is 5.69 Å². The number of anilines is 1. The van der Waals surface area contributed by atoms with Gasteiger partial charge < -0.3 is 15.2 Å². The predicted octanol–water partition coefficient (Wildman–Crippen LogP) is 4.13. The van der Waals surface area contributed by atoms with Crippen molar-refractivity contribution < 1.29 is 9.84 Å². The van der Waals surface area contributed by atoms with Crippen molar-refractivity contribution >= 4 is 21.6 Å². The molecule has 1 aromatic carbocycles. The van der Waals surface area contributed by atoms with Crippen LogP contribution in [0.25, 0.3) is 0 Å². The van der Waals surface area contributed by atoms with Gasteiger partial charge in [0, 0.05) is 16.7 Å². The van der Waals surface area contributed by atoms with Crippen LogP contribution >= 0.6 is 15.9 Å². The van der Waals surface area contributed by atoms with Crippen molar-refractivity contribution in [1.29, 1.82) is 0 Å². The van der Waals surface area contributed by atoms with Crippen LogP contribution in [0.3, 0.4) is 0 Å². The van der Waals surface area contributed by atoms with Gasteiger partial charge in [0.05, 0.1) is 18.8 Å². The third-order valence-corrected chi connectivity index (χ3v) is 4.80. The average molecular weight is 356 g/mol. The van der Waals surface area contributed by atoms with Gasteiger partial charge in [0.25, 0.3) is 0 Å². The minimum Gasteiger partial charge on any atom is -0.389 e. The van der Waals surface area contributed by atoms with Crippen LogP contribution in [0.5, 0.6) is 0 Å². The van der Waals surface area contributed by atoms with Gasteiger partial charge in [-0.1, -0.05) is 13.0 Å². The molecular weight excluding hydrogens is 330 g/mol. The van der Waals surface area contributed by atoms with Crippen LogP contribution in [0, 0.1) is 12.8 Å². The lowest BCUT2D eigenvalue weighted by molar-refractivity contribution is -0.0245. The molecule has 1 fully saturated rings. The zero-order chi connectivity index (χ0) is 15.2. The summed E-state index contributed by atoms with van der Waals surface area (Å²) >= 11 is 3.53. The first-order valence-corrected chi connectivity index (χ1v) is 8.63. The van der Waals surface area contributed by atoms with Gasteiger partial charge in [0.1, 0.15) is 0 Å². The number of hydrogen-bond acceptors (Lipinski definition) is 3. The van der Waals surface area contributed by atoms with Crippen molar-refractivity contribution in [3.63, 3.8) is 0 Å². The highest BCUT2D eigenvalue weighted by Crippen LogP contribution is 2.26. The van der Waals surface area contributed by atoms with Gasteiger partial charge in [-0.15, -0.1) is 0 Å². The van der Waals surface area contributed by atoms with E-state index in [1.807, 2.05) is 6.07 Å². The van der Waals surface area contributed by atoms with E-state index in [-0.39, 0.29) is 0 Å². The third-order valence-electron chi connectivity index (χ3n) is 4.14.